The lowest BCUT2D eigenvalue weighted by Gasteiger charge is -2.36. The Morgan fingerprint density at radius 3 is 2.40 bits per heavy atom. The van der Waals surface area contributed by atoms with Gasteiger partial charge in [-0.25, -0.2) is 28.4 Å². The zero-order valence-electron chi connectivity index (χ0n) is 22.7. The summed E-state index contributed by atoms with van der Waals surface area (Å²) in [5.74, 6) is -3.80. The average Bonchev–Trinajstić information content (AvgIpc) is 3.43. The number of para-hydroxylation sites is 1. The highest BCUT2D eigenvalue weighted by Crippen LogP contribution is 2.42. The molecule has 0 spiro atoms. The first-order valence-electron chi connectivity index (χ1n) is 13.1. The number of likely N-dealkylation sites (tertiary alicyclic amines) is 1. The van der Waals surface area contributed by atoms with Crippen molar-refractivity contribution in [1.29, 1.82) is 0 Å². The molecule has 1 aliphatic rings. The van der Waals surface area contributed by atoms with E-state index in [0.717, 1.165) is 15.9 Å². The number of anilines is 2. The zero-order chi connectivity index (χ0) is 30.3. The van der Waals surface area contributed by atoms with Crippen molar-refractivity contribution in [3.05, 3.63) is 95.8 Å². The van der Waals surface area contributed by atoms with E-state index < -0.39 is 47.9 Å². The van der Waals surface area contributed by atoms with Crippen LogP contribution in [0.5, 0.6) is 0 Å². The normalized spacial score (nSPS) is 15.9. The van der Waals surface area contributed by atoms with Crippen LogP contribution in [0.2, 0.25) is 0 Å². The van der Waals surface area contributed by atoms with Crippen molar-refractivity contribution in [2.75, 3.05) is 29.9 Å². The second kappa shape index (κ2) is 12.9. The van der Waals surface area contributed by atoms with E-state index >= 15 is 4.39 Å². The second-order valence-electron chi connectivity index (χ2n) is 9.35. The van der Waals surface area contributed by atoms with E-state index in [0.29, 0.717) is 12.1 Å². The summed E-state index contributed by atoms with van der Waals surface area (Å²) in [4.78, 5) is 66.6. The van der Waals surface area contributed by atoms with Gasteiger partial charge in [-0.1, -0.05) is 42.5 Å². The molecule has 1 aliphatic heterocycles. The zero-order valence-corrected chi connectivity index (χ0v) is 22.7. The second-order valence-corrected chi connectivity index (χ2v) is 9.35. The third-order valence-corrected chi connectivity index (χ3v) is 6.74. The minimum absolute atomic E-state index is 0.0244. The number of hydrogen-bond acceptors (Lipinski definition) is 7. The molecule has 11 nitrogen and oxygen atoms in total. The molecule has 42 heavy (non-hydrogen) atoms. The topological polar surface area (TPSA) is 148 Å². The Bertz CT molecular complexity index is 1500. The number of halogens is 1. The molecule has 0 aromatic heterocycles. The molecule has 1 unspecified atom stereocenters. The van der Waals surface area contributed by atoms with Gasteiger partial charge < -0.3 is 25.4 Å². The molecule has 4 rings (SSSR count). The molecule has 1 atom stereocenters. The molecule has 1 saturated heterocycles. The van der Waals surface area contributed by atoms with Crippen LogP contribution >= 0.6 is 0 Å². The van der Waals surface area contributed by atoms with Gasteiger partial charge in [0, 0.05) is 23.5 Å². The maximum absolute atomic E-state index is 15.2. The van der Waals surface area contributed by atoms with Gasteiger partial charge in [-0.2, -0.15) is 0 Å². The largest absolute Gasteiger partial charge is 0.462 e. The molecule has 0 saturated carbocycles. The molecule has 3 aromatic rings. The van der Waals surface area contributed by atoms with Crippen molar-refractivity contribution < 1.29 is 37.8 Å². The lowest BCUT2D eigenvalue weighted by molar-refractivity contribution is -0.166. The Labute approximate surface area is 241 Å². The van der Waals surface area contributed by atoms with Crippen LogP contribution in [0.1, 0.15) is 35.7 Å². The number of nitrogens with one attached hydrogen (secondary N) is 1. The highest BCUT2D eigenvalue weighted by Gasteiger charge is 2.54. The van der Waals surface area contributed by atoms with Crippen molar-refractivity contribution in [2.24, 2.45) is 5.73 Å². The summed E-state index contributed by atoms with van der Waals surface area (Å²) >= 11 is 0. The third-order valence-electron chi connectivity index (χ3n) is 6.74. The predicted molar refractivity (Wildman–Crippen MR) is 150 cm³/mol. The number of ether oxygens (including phenoxy) is 2. The van der Waals surface area contributed by atoms with E-state index in [1.165, 1.54) is 42.5 Å². The maximum atomic E-state index is 15.2. The Morgan fingerprint density at radius 2 is 1.71 bits per heavy atom. The first kappa shape index (κ1) is 29.7. The first-order valence-corrected chi connectivity index (χ1v) is 13.1. The molecule has 4 amide bonds. The number of carbonyl (C=O) groups is 5. The molecule has 218 valence electrons. The first-order chi connectivity index (χ1) is 20.2. The third kappa shape index (κ3) is 6.22. The number of nitrogens with zero attached hydrogens (tertiary/aromatic N) is 2. The van der Waals surface area contributed by atoms with Gasteiger partial charge in [0.1, 0.15) is 12.4 Å². The Kier molecular flexibility index (Phi) is 9.15. The van der Waals surface area contributed by atoms with E-state index in [1.54, 1.807) is 37.3 Å². The summed E-state index contributed by atoms with van der Waals surface area (Å²) in [6.45, 7) is 1.03. The smallest absolute Gasteiger partial charge is 0.344 e. The van der Waals surface area contributed by atoms with Gasteiger partial charge in [0.2, 0.25) is 0 Å². The van der Waals surface area contributed by atoms with Crippen LogP contribution in [-0.2, 0) is 24.6 Å². The molecule has 0 bridgehead atoms. The number of rotatable bonds is 8. The van der Waals surface area contributed by atoms with Crippen molar-refractivity contribution in [3.8, 4) is 0 Å². The molecular weight excluding hydrogens is 547 g/mol. The van der Waals surface area contributed by atoms with Crippen LogP contribution in [0.25, 0.3) is 0 Å². The maximum Gasteiger partial charge on any atom is 0.344 e. The number of amides is 4. The lowest BCUT2D eigenvalue weighted by Crippen LogP contribution is -2.54. The number of nitrogens with two attached hydrogens (primary N) is 1. The van der Waals surface area contributed by atoms with Crippen LogP contribution in [0.15, 0.2) is 78.9 Å². The standard InChI is InChI=1S/C30H29FN4O7/c1-2-41-26(37)20-10-8-13-22(18-20)34(28(32)39)19-25(36)42-27(38)30(23-14-6-7-15-24(23)31)16-9-17-35(30)29(40)33-21-11-4-3-5-12-21/h3-8,10-15,18H,2,9,16-17,19H2,1H3,(H2,32,39)(H,33,40). The summed E-state index contributed by atoms with van der Waals surface area (Å²) in [7, 11) is 0. The Hall–Kier alpha value is -5.26. The Balaban J connectivity index is 1.61. The number of benzene rings is 3. The monoisotopic (exact) mass is 576 g/mol. The van der Waals surface area contributed by atoms with Gasteiger partial charge in [0.25, 0.3) is 0 Å². The molecule has 1 fully saturated rings. The fourth-order valence-electron chi connectivity index (χ4n) is 4.87. The van der Waals surface area contributed by atoms with E-state index in [1.807, 2.05) is 0 Å². The number of primary amides is 1. The van der Waals surface area contributed by atoms with Crippen molar-refractivity contribution >= 4 is 41.3 Å². The number of carbonyl (C=O) groups excluding carboxylic acids is 5. The van der Waals surface area contributed by atoms with Gasteiger partial charge in [-0.05, 0) is 56.2 Å². The van der Waals surface area contributed by atoms with Gasteiger partial charge in [-0.3, -0.25) is 4.90 Å². The number of hydrogen-bond donors (Lipinski definition) is 2. The molecule has 3 N–H and O–H groups in total. The highest BCUT2D eigenvalue weighted by molar-refractivity contribution is 6.02. The summed E-state index contributed by atoms with van der Waals surface area (Å²) in [6.07, 6.45) is 0.289. The van der Waals surface area contributed by atoms with Gasteiger partial charge in [0.15, 0.2) is 5.54 Å². The van der Waals surface area contributed by atoms with E-state index in [2.05, 4.69) is 5.32 Å². The average molecular weight is 577 g/mol. The molecule has 0 radical (unpaired) electrons. The quantitative estimate of drug-likeness (QED) is 0.302. The molecular formula is C30H29FN4O7. The fraction of sp³-hybridized carbons (Fsp3) is 0.233. The summed E-state index contributed by atoms with van der Waals surface area (Å²) in [5, 5.41) is 2.69. The van der Waals surface area contributed by atoms with Gasteiger partial charge in [0.05, 0.1) is 12.2 Å². The fourth-order valence-corrected chi connectivity index (χ4v) is 4.87. The van der Waals surface area contributed by atoms with Crippen LogP contribution < -0.4 is 16.0 Å². The minimum atomic E-state index is -1.97. The summed E-state index contributed by atoms with van der Waals surface area (Å²) < 4.78 is 25.3. The van der Waals surface area contributed by atoms with Crippen LogP contribution in [-0.4, -0.2) is 54.6 Å². The summed E-state index contributed by atoms with van der Waals surface area (Å²) in [6, 6.07) is 17.8. The van der Waals surface area contributed by atoms with Gasteiger partial charge >= 0.3 is 30.0 Å². The van der Waals surface area contributed by atoms with E-state index in [9.17, 15) is 24.0 Å². The SMILES string of the molecule is CCOC(=O)c1cccc(N(CC(=O)OC(=O)C2(c3ccccc3F)CCCN2C(=O)Nc2ccccc2)C(N)=O)c1. The minimum Gasteiger partial charge on any atom is -0.462 e. The van der Waals surface area contributed by atoms with Crippen molar-refractivity contribution in [1.82, 2.24) is 4.90 Å². The number of esters is 3. The van der Waals surface area contributed by atoms with E-state index in [4.69, 9.17) is 15.2 Å². The van der Waals surface area contributed by atoms with Gasteiger partial charge in [-0.15, -0.1) is 0 Å². The molecule has 12 heteroatoms. The van der Waals surface area contributed by atoms with Crippen LogP contribution in [0.3, 0.4) is 0 Å². The van der Waals surface area contributed by atoms with Crippen LogP contribution in [0.4, 0.5) is 25.4 Å². The Morgan fingerprint density at radius 1 is 1.00 bits per heavy atom. The predicted octanol–water partition coefficient (Wildman–Crippen LogP) is 4.18. The lowest BCUT2D eigenvalue weighted by atomic mass is 9.86. The van der Waals surface area contributed by atoms with Crippen LogP contribution in [0, 0.1) is 5.82 Å². The molecule has 1 heterocycles. The number of urea groups is 2. The summed E-state index contributed by atoms with van der Waals surface area (Å²) in [5.41, 5.74) is 4.01. The van der Waals surface area contributed by atoms with Crippen molar-refractivity contribution in [3.63, 3.8) is 0 Å². The van der Waals surface area contributed by atoms with Crippen molar-refractivity contribution in [2.45, 2.75) is 25.3 Å². The highest BCUT2D eigenvalue weighted by atomic mass is 19.1. The van der Waals surface area contributed by atoms with E-state index in [-0.39, 0.29) is 36.4 Å². The molecule has 0 aliphatic carbocycles. The molecule has 3 aromatic carbocycles.